The molecule has 9 nitrogen and oxygen atoms in total. The van der Waals surface area contributed by atoms with E-state index in [4.69, 9.17) is 4.74 Å². The van der Waals surface area contributed by atoms with E-state index in [1.54, 1.807) is 7.05 Å². The second-order valence-corrected chi connectivity index (χ2v) is 8.82. The van der Waals surface area contributed by atoms with Crippen molar-refractivity contribution in [3.05, 3.63) is 0 Å². The number of nitrogens with zero attached hydrogens (tertiary/aromatic N) is 2. The van der Waals surface area contributed by atoms with Gasteiger partial charge in [-0.15, -0.1) is 5.10 Å². The van der Waals surface area contributed by atoms with Gasteiger partial charge in [0.15, 0.2) is 11.3 Å². The molecule has 2 aliphatic heterocycles. The summed E-state index contributed by atoms with van der Waals surface area (Å²) in [6.45, 7) is 1.08. The lowest BCUT2D eigenvalue weighted by atomic mass is 9.85. The van der Waals surface area contributed by atoms with Gasteiger partial charge in [-0.2, -0.15) is 0 Å². The molecule has 2 unspecified atom stereocenters. The zero-order chi connectivity index (χ0) is 20.8. The fourth-order valence-electron chi connectivity index (χ4n) is 4.04. The summed E-state index contributed by atoms with van der Waals surface area (Å²) in [5.41, 5.74) is 2.35. The van der Waals surface area contributed by atoms with Gasteiger partial charge in [0.25, 0.3) is 5.91 Å². The van der Waals surface area contributed by atoms with Crippen molar-refractivity contribution in [1.82, 2.24) is 15.6 Å². The van der Waals surface area contributed by atoms with E-state index in [-0.39, 0.29) is 29.4 Å². The molecule has 2 saturated heterocycles. The number of aliphatic hydroxyl groups excluding tert-OH is 1. The Morgan fingerprint density at radius 1 is 1.21 bits per heavy atom. The minimum Gasteiger partial charge on any atom is -0.381 e. The number of hydrogen-bond donors (Lipinski definition) is 3. The molecule has 162 valence electrons. The topological polar surface area (TPSA) is 120 Å². The van der Waals surface area contributed by atoms with Crippen molar-refractivity contribution in [3.63, 3.8) is 0 Å². The van der Waals surface area contributed by atoms with E-state index >= 15 is 0 Å². The van der Waals surface area contributed by atoms with Crippen LogP contribution in [0.2, 0.25) is 0 Å². The van der Waals surface area contributed by atoms with E-state index in [1.807, 2.05) is 0 Å². The summed E-state index contributed by atoms with van der Waals surface area (Å²) in [6.07, 6.45) is 4.81. The lowest BCUT2D eigenvalue weighted by Gasteiger charge is -2.34. The zero-order valence-electron chi connectivity index (χ0n) is 16.8. The Kier molecular flexibility index (Phi) is 7.91. The minimum absolute atomic E-state index is 0.0465. The Balaban J connectivity index is 1.65. The van der Waals surface area contributed by atoms with Gasteiger partial charge < -0.3 is 15.2 Å². The van der Waals surface area contributed by atoms with Crippen LogP contribution in [0.25, 0.3) is 0 Å². The monoisotopic (exact) mass is 426 g/mol. The largest absolute Gasteiger partial charge is 0.381 e. The van der Waals surface area contributed by atoms with Crippen molar-refractivity contribution in [2.45, 2.75) is 57.1 Å². The van der Waals surface area contributed by atoms with Crippen LogP contribution in [0, 0.1) is 11.8 Å². The van der Waals surface area contributed by atoms with E-state index < -0.39 is 18.1 Å². The summed E-state index contributed by atoms with van der Waals surface area (Å²) in [7, 11) is 1.58. The summed E-state index contributed by atoms with van der Waals surface area (Å²) in [5, 5.41) is 18.0. The van der Waals surface area contributed by atoms with Gasteiger partial charge in [0.1, 0.15) is 0 Å². The van der Waals surface area contributed by atoms with Crippen molar-refractivity contribution in [1.29, 1.82) is 0 Å². The van der Waals surface area contributed by atoms with Crippen LogP contribution in [0.3, 0.4) is 0 Å². The number of amides is 3. The first kappa shape index (κ1) is 22.0. The maximum atomic E-state index is 12.8. The van der Waals surface area contributed by atoms with Crippen molar-refractivity contribution in [3.8, 4) is 0 Å². The zero-order valence-corrected chi connectivity index (χ0v) is 17.6. The molecule has 1 aliphatic carbocycles. The first-order valence-electron chi connectivity index (χ1n) is 10.3. The highest BCUT2D eigenvalue weighted by Gasteiger charge is 2.37. The number of amidine groups is 1. The maximum Gasteiger partial charge on any atom is 0.271 e. The number of aliphatic hydroxyl groups is 1. The molecule has 0 aromatic rings. The predicted octanol–water partition coefficient (Wildman–Crippen LogP) is 0.431. The van der Waals surface area contributed by atoms with E-state index in [9.17, 15) is 19.5 Å². The van der Waals surface area contributed by atoms with Crippen LogP contribution in [0.1, 0.15) is 44.9 Å². The fraction of sp³-hybridized carbons (Fsp3) is 0.789. The smallest absolute Gasteiger partial charge is 0.271 e. The standard InChI is InChI=1S/C19H30N4O5S/c1-23-14(24)11-29-19(23)22-21-18(27)16(25)15(12-7-9-28-10-8-12)20-17(26)13-5-3-2-4-6-13/h12-13,15-16,25H,2-11H2,1H3,(H,20,26)(H,21,27). The molecule has 3 rings (SSSR count). The SMILES string of the molecule is CN1C(=O)CSC1=NNC(=O)C(O)C(NC(=O)C1CCCCC1)C1CCOCC1. The number of rotatable bonds is 6. The molecular formula is C19H30N4O5S. The van der Waals surface area contributed by atoms with E-state index in [0.29, 0.717) is 31.2 Å². The summed E-state index contributed by atoms with van der Waals surface area (Å²) in [6, 6.07) is -0.691. The van der Waals surface area contributed by atoms with Crippen molar-refractivity contribution in [2.24, 2.45) is 16.9 Å². The first-order chi connectivity index (χ1) is 14.0. The van der Waals surface area contributed by atoms with Gasteiger partial charge in [-0.25, -0.2) is 5.43 Å². The number of carbonyl (C=O) groups is 3. The van der Waals surface area contributed by atoms with Crippen molar-refractivity contribution < 1.29 is 24.2 Å². The molecule has 0 spiro atoms. The van der Waals surface area contributed by atoms with Crippen LogP contribution in [0.15, 0.2) is 5.10 Å². The molecule has 1 saturated carbocycles. The van der Waals surface area contributed by atoms with Gasteiger partial charge in [-0.3, -0.25) is 19.3 Å². The van der Waals surface area contributed by atoms with Crippen LogP contribution in [0.4, 0.5) is 0 Å². The highest BCUT2D eigenvalue weighted by atomic mass is 32.2. The molecular weight excluding hydrogens is 396 g/mol. The summed E-state index contributed by atoms with van der Waals surface area (Å²) < 4.78 is 5.39. The maximum absolute atomic E-state index is 12.8. The second kappa shape index (κ2) is 10.4. The number of hydrazone groups is 1. The second-order valence-electron chi connectivity index (χ2n) is 7.88. The Bertz CT molecular complexity index is 647. The molecule has 2 atom stereocenters. The van der Waals surface area contributed by atoms with E-state index in [0.717, 1.165) is 32.1 Å². The Labute approximate surface area is 175 Å². The molecule has 3 fully saturated rings. The third-order valence-electron chi connectivity index (χ3n) is 5.92. The van der Waals surface area contributed by atoms with Crippen LogP contribution in [-0.4, -0.2) is 71.1 Å². The third-order valence-corrected chi connectivity index (χ3v) is 6.93. The Morgan fingerprint density at radius 2 is 1.90 bits per heavy atom. The summed E-state index contributed by atoms with van der Waals surface area (Å²) >= 11 is 1.22. The molecule has 10 heteroatoms. The van der Waals surface area contributed by atoms with Gasteiger partial charge in [0, 0.05) is 26.2 Å². The highest BCUT2D eigenvalue weighted by Crippen LogP contribution is 2.26. The molecule has 0 aromatic heterocycles. The summed E-state index contributed by atoms with van der Waals surface area (Å²) in [5.74, 6) is -0.702. The van der Waals surface area contributed by atoms with Crippen molar-refractivity contribution >= 4 is 34.7 Å². The molecule has 3 N–H and O–H groups in total. The number of thioether (sulfide) groups is 1. The lowest BCUT2D eigenvalue weighted by Crippen LogP contribution is -2.55. The Hall–Kier alpha value is -1.65. The normalized spacial score (nSPS) is 25.1. The Morgan fingerprint density at radius 3 is 2.52 bits per heavy atom. The van der Waals surface area contributed by atoms with E-state index in [1.165, 1.54) is 16.7 Å². The molecule has 3 amide bonds. The fourth-order valence-corrected chi connectivity index (χ4v) is 4.89. The van der Waals surface area contributed by atoms with Crippen LogP contribution in [0.5, 0.6) is 0 Å². The molecule has 0 radical (unpaired) electrons. The van der Waals surface area contributed by atoms with Crippen LogP contribution >= 0.6 is 11.8 Å². The molecule has 2 heterocycles. The van der Waals surface area contributed by atoms with Gasteiger partial charge in [-0.05, 0) is 31.6 Å². The number of carbonyl (C=O) groups excluding carboxylic acids is 3. The highest BCUT2D eigenvalue weighted by molar-refractivity contribution is 8.15. The molecule has 29 heavy (non-hydrogen) atoms. The van der Waals surface area contributed by atoms with Gasteiger partial charge in [0.05, 0.1) is 11.8 Å². The number of hydrogen-bond acceptors (Lipinski definition) is 7. The average molecular weight is 427 g/mol. The van der Waals surface area contributed by atoms with E-state index in [2.05, 4.69) is 15.8 Å². The van der Waals surface area contributed by atoms with Gasteiger partial charge >= 0.3 is 0 Å². The number of nitrogens with one attached hydrogen (secondary N) is 2. The first-order valence-corrected chi connectivity index (χ1v) is 11.3. The molecule has 0 bridgehead atoms. The lowest BCUT2D eigenvalue weighted by molar-refractivity contribution is -0.135. The van der Waals surface area contributed by atoms with Crippen molar-refractivity contribution in [2.75, 3.05) is 26.0 Å². The van der Waals surface area contributed by atoms with Gasteiger partial charge in [-0.1, -0.05) is 31.0 Å². The third kappa shape index (κ3) is 5.70. The average Bonchev–Trinajstić information content (AvgIpc) is 3.08. The predicted molar refractivity (Wildman–Crippen MR) is 109 cm³/mol. The molecule has 0 aromatic carbocycles. The van der Waals surface area contributed by atoms with Crippen LogP contribution in [-0.2, 0) is 19.1 Å². The summed E-state index contributed by atoms with van der Waals surface area (Å²) in [4.78, 5) is 38.2. The van der Waals surface area contributed by atoms with Crippen LogP contribution < -0.4 is 10.7 Å². The van der Waals surface area contributed by atoms with Gasteiger partial charge in [0.2, 0.25) is 11.8 Å². The number of ether oxygens (including phenoxy) is 1. The quantitative estimate of drug-likeness (QED) is 0.530. The molecule has 3 aliphatic rings. The minimum atomic E-state index is -1.43.